The molecular weight excluding hydrogens is 587 g/mol. The van der Waals surface area contributed by atoms with Gasteiger partial charge in [-0.25, -0.2) is 13.4 Å². The molecule has 0 bridgehead atoms. The lowest BCUT2D eigenvalue weighted by Crippen LogP contribution is -2.55. The summed E-state index contributed by atoms with van der Waals surface area (Å²) in [6.45, 7) is 4.94. The maximum atomic E-state index is 13.4. The first-order valence-corrected chi connectivity index (χ1v) is 15.4. The Bertz CT molecular complexity index is 1490. The standard InChI is InChI=1S/C26H27ClF3N5O3S2/c1-17(35-10-2-3-18-15-19(27)4-9-22(18)35)24(36)34-13-11-33(12-14-34)20-5-7-21(8-6-20)40(37,38)32-25-31-23(16-39-25)26(28,29)30/h4-9,15-17H,2-3,10-14H2,1H3,(H,31,32)/t17-/m1/s1. The molecule has 0 unspecified atom stereocenters. The summed E-state index contributed by atoms with van der Waals surface area (Å²) >= 11 is 6.73. The zero-order valence-electron chi connectivity index (χ0n) is 21.5. The number of benzene rings is 2. The molecule has 3 aromatic rings. The molecule has 0 aliphatic carbocycles. The first-order chi connectivity index (χ1) is 18.9. The number of sulfonamides is 1. The first kappa shape index (κ1) is 28.5. The van der Waals surface area contributed by atoms with E-state index in [2.05, 4.69) is 19.5 Å². The second-order valence-electron chi connectivity index (χ2n) is 9.69. The van der Waals surface area contributed by atoms with Crippen LogP contribution >= 0.6 is 22.9 Å². The largest absolute Gasteiger partial charge is 0.434 e. The number of carbonyl (C=O) groups is 1. The number of thiazole rings is 1. The number of aromatic nitrogens is 1. The van der Waals surface area contributed by atoms with Gasteiger partial charge in [-0.2, -0.15) is 13.2 Å². The van der Waals surface area contributed by atoms with Gasteiger partial charge >= 0.3 is 6.18 Å². The van der Waals surface area contributed by atoms with E-state index >= 15 is 0 Å². The fourth-order valence-corrected chi connectivity index (χ4v) is 7.21. The monoisotopic (exact) mass is 613 g/mol. The molecule has 1 fully saturated rings. The Morgan fingerprint density at radius 2 is 1.77 bits per heavy atom. The number of hydrogen-bond acceptors (Lipinski definition) is 7. The van der Waals surface area contributed by atoms with Crippen LogP contribution in [-0.2, 0) is 27.4 Å². The number of nitrogens with zero attached hydrogens (tertiary/aromatic N) is 4. The van der Waals surface area contributed by atoms with Gasteiger partial charge in [-0.1, -0.05) is 11.6 Å². The van der Waals surface area contributed by atoms with Crippen molar-refractivity contribution in [2.45, 2.75) is 36.9 Å². The Morgan fingerprint density at radius 3 is 2.42 bits per heavy atom. The van der Waals surface area contributed by atoms with Crippen LogP contribution in [0.25, 0.3) is 0 Å². The van der Waals surface area contributed by atoms with Crippen molar-refractivity contribution in [1.29, 1.82) is 0 Å². The van der Waals surface area contributed by atoms with Gasteiger partial charge in [0.25, 0.3) is 10.0 Å². The van der Waals surface area contributed by atoms with Gasteiger partial charge in [0.15, 0.2) is 10.8 Å². The molecule has 0 radical (unpaired) electrons. The molecule has 5 rings (SSSR count). The van der Waals surface area contributed by atoms with E-state index in [0.29, 0.717) is 42.5 Å². The molecule has 1 N–H and O–H groups in total. The van der Waals surface area contributed by atoms with E-state index in [-0.39, 0.29) is 22.0 Å². The van der Waals surface area contributed by atoms with Gasteiger partial charge in [-0.15, -0.1) is 11.3 Å². The Balaban J connectivity index is 1.18. The Hall–Kier alpha value is -3.03. The van der Waals surface area contributed by atoms with Gasteiger partial charge in [0.2, 0.25) is 5.91 Å². The van der Waals surface area contributed by atoms with Crippen molar-refractivity contribution in [2.75, 3.05) is 47.2 Å². The number of hydrogen-bond donors (Lipinski definition) is 1. The van der Waals surface area contributed by atoms with Gasteiger partial charge in [-0.05, 0) is 67.8 Å². The molecule has 2 aliphatic heterocycles. The highest BCUT2D eigenvalue weighted by molar-refractivity contribution is 7.93. The van der Waals surface area contributed by atoms with Crippen LogP contribution in [0.2, 0.25) is 5.02 Å². The topological polar surface area (TPSA) is 85.8 Å². The number of piperazine rings is 1. The number of alkyl halides is 3. The summed E-state index contributed by atoms with van der Waals surface area (Å²) in [5.41, 5.74) is 1.84. The summed E-state index contributed by atoms with van der Waals surface area (Å²) < 4.78 is 65.7. The van der Waals surface area contributed by atoms with Gasteiger partial charge in [0, 0.05) is 54.5 Å². The zero-order valence-corrected chi connectivity index (χ0v) is 23.9. The highest BCUT2D eigenvalue weighted by Crippen LogP contribution is 2.33. The van der Waals surface area contributed by atoms with Crippen molar-refractivity contribution in [3.63, 3.8) is 0 Å². The van der Waals surface area contributed by atoms with Gasteiger partial charge in [-0.3, -0.25) is 9.52 Å². The van der Waals surface area contributed by atoms with Crippen molar-refractivity contribution in [3.05, 3.63) is 64.1 Å². The van der Waals surface area contributed by atoms with Gasteiger partial charge in [0.05, 0.1) is 4.90 Å². The molecular formula is C26H27ClF3N5O3S2. The van der Waals surface area contributed by atoms with Crippen LogP contribution in [0.5, 0.6) is 0 Å². The summed E-state index contributed by atoms with van der Waals surface area (Å²) in [5.74, 6) is 0.0610. The number of nitrogens with one attached hydrogen (secondary N) is 1. The summed E-state index contributed by atoms with van der Waals surface area (Å²) in [4.78, 5) is 22.7. The molecule has 2 aliphatic rings. The summed E-state index contributed by atoms with van der Waals surface area (Å²) in [6.07, 6.45) is -2.76. The Morgan fingerprint density at radius 1 is 1.07 bits per heavy atom. The summed E-state index contributed by atoms with van der Waals surface area (Å²) in [7, 11) is -4.11. The highest BCUT2D eigenvalue weighted by Gasteiger charge is 2.34. The lowest BCUT2D eigenvalue weighted by atomic mass is 10.00. The lowest BCUT2D eigenvalue weighted by molar-refractivity contribution is -0.140. The maximum absolute atomic E-state index is 13.4. The number of amides is 1. The molecule has 1 atom stereocenters. The zero-order chi connectivity index (χ0) is 28.7. The molecule has 40 heavy (non-hydrogen) atoms. The number of rotatable bonds is 6. The predicted octanol–water partition coefficient (Wildman–Crippen LogP) is 5.11. The van der Waals surface area contributed by atoms with E-state index in [0.717, 1.165) is 41.7 Å². The molecule has 8 nitrogen and oxygen atoms in total. The molecule has 1 saturated heterocycles. The third kappa shape index (κ3) is 6.01. The average Bonchev–Trinajstić information content (AvgIpc) is 3.40. The van der Waals surface area contributed by atoms with Crippen LogP contribution in [0, 0.1) is 0 Å². The minimum absolute atomic E-state index is 0.0610. The molecule has 1 amide bonds. The average molecular weight is 614 g/mol. The molecule has 214 valence electrons. The first-order valence-electron chi connectivity index (χ1n) is 12.7. The quantitative estimate of drug-likeness (QED) is 0.416. The van der Waals surface area contributed by atoms with E-state index in [1.807, 2.05) is 30.0 Å². The number of carbonyl (C=O) groups excluding carboxylic acids is 1. The van der Waals surface area contributed by atoms with Crippen molar-refractivity contribution >= 4 is 55.4 Å². The van der Waals surface area contributed by atoms with Crippen molar-refractivity contribution in [3.8, 4) is 0 Å². The third-order valence-corrected chi connectivity index (χ3v) is 9.62. The van der Waals surface area contributed by atoms with Crippen LogP contribution in [0.4, 0.5) is 29.7 Å². The smallest absolute Gasteiger partial charge is 0.368 e. The summed E-state index contributed by atoms with van der Waals surface area (Å²) in [5, 5.41) is 1.09. The van der Waals surface area contributed by atoms with E-state index < -0.39 is 21.9 Å². The summed E-state index contributed by atoms with van der Waals surface area (Å²) in [6, 6.07) is 11.6. The molecule has 3 heterocycles. The minimum Gasteiger partial charge on any atom is -0.368 e. The second kappa shape index (κ2) is 11.1. The number of halogens is 4. The molecule has 0 spiro atoms. The molecule has 0 saturated carbocycles. The van der Waals surface area contributed by atoms with Crippen molar-refractivity contribution in [1.82, 2.24) is 9.88 Å². The van der Waals surface area contributed by atoms with Gasteiger partial charge in [0.1, 0.15) is 6.04 Å². The second-order valence-corrected chi connectivity index (χ2v) is 12.7. The van der Waals surface area contributed by atoms with Crippen LogP contribution in [0.1, 0.15) is 24.6 Å². The molecule has 1 aromatic heterocycles. The highest BCUT2D eigenvalue weighted by atomic mass is 35.5. The lowest BCUT2D eigenvalue weighted by Gasteiger charge is -2.41. The van der Waals surface area contributed by atoms with E-state index in [4.69, 9.17) is 11.6 Å². The maximum Gasteiger partial charge on any atom is 0.434 e. The number of aryl methyl sites for hydroxylation is 1. The third-order valence-electron chi connectivity index (χ3n) is 7.14. The predicted molar refractivity (Wildman–Crippen MR) is 150 cm³/mol. The molecule has 2 aromatic carbocycles. The fraction of sp³-hybridized carbons (Fsp3) is 0.385. The Kier molecular flexibility index (Phi) is 7.90. The SMILES string of the molecule is C[C@H](C(=O)N1CCN(c2ccc(S(=O)(=O)Nc3nc(C(F)(F)F)cs3)cc2)CC1)N1CCCc2cc(Cl)ccc21. The van der Waals surface area contributed by atoms with E-state index in [1.165, 1.54) is 12.1 Å². The van der Waals surface area contributed by atoms with Crippen LogP contribution < -0.4 is 14.5 Å². The molecule has 14 heteroatoms. The van der Waals surface area contributed by atoms with Crippen LogP contribution in [0.15, 0.2) is 52.7 Å². The van der Waals surface area contributed by atoms with E-state index in [1.54, 1.807) is 12.1 Å². The van der Waals surface area contributed by atoms with Gasteiger partial charge < -0.3 is 14.7 Å². The Labute approximate surface area is 239 Å². The minimum atomic E-state index is -4.65. The number of fused-ring (bicyclic) bond motifs is 1. The van der Waals surface area contributed by atoms with E-state index in [9.17, 15) is 26.4 Å². The van der Waals surface area contributed by atoms with Crippen LogP contribution in [0.3, 0.4) is 0 Å². The normalized spacial score (nSPS) is 17.0. The van der Waals surface area contributed by atoms with Crippen LogP contribution in [-0.4, -0.2) is 63.0 Å². The fourth-order valence-electron chi connectivity index (χ4n) is 5.04. The van der Waals surface area contributed by atoms with Crippen molar-refractivity contribution in [2.24, 2.45) is 0 Å². The number of anilines is 3. The van der Waals surface area contributed by atoms with Crippen molar-refractivity contribution < 1.29 is 26.4 Å².